The molecule has 0 spiro atoms. The molecule has 0 unspecified atom stereocenters. The van der Waals surface area contributed by atoms with Crippen LogP contribution in [-0.4, -0.2) is 18.9 Å². The number of phenolic OH excluding ortho intramolecular Hbond substituents is 1. The van der Waals surface area contributed by atoms with Crippen molar-refractivity contribution in [1.82, 2.24) is 0 Å². The van der Waals surface area contributed by atoms with Gasteiger partial charge in [0.05, 0.1) is 0 Å². The molecule has 18 heavy (non-hydrogen) atoms. The normalized spacial score (nSPS) is 9.22. The van der Waals surface area contributed by atoms with E-state index in [-0.39, 0.29) is 0 Å². The van der Waals surface area contributed by atoms with Crippen LogP contribution in [0.2, 0.25) is 0 Å². The third-order valence-corrected chi connectivity index (χ3v) is 2.59. The molecule has 3 heteroatoms. The number of aromatic hydroxyl groups is 1. The number of aryl methyl sites for hydroxylation is 1. The molecule has 2 aromatic carbocycles. The first-order valence-corrected chi connectivity index (χ1v) is 5.58. The number of rotatable bonds is 2. The van der Waals surface area contributed by atoms with E-state index in [0.29, 0.717) is 5.75 Å². The molecule has 2 N–H and O–H groups in total. The van der Waals surface area contributed by atoms with Gasteiger partial charge in [-0.05, 0) is 30.2 Å². The van der Waals surface area contributed by atoms with Gasteiger partial charge in [0.15, 0.2) is 0 Å². The molecule has 0 saturated carbocycles. The van der Waals surface area contributed by atoms with Gasteiger partial charge >= 0.3 is 0 Å². The SMILES string of the molecule is C=O.CNc1cc(C)cc(O)c1-c1ccccc1. The minimum atomic E-state index is 0.315. The lowest BCUT2D eigenvalue weighted by Gasteiger charge is -2.12. The highest BCUT2D eigenvalue weighted by atomic mass is 16.3. The van der Waals surface area contributed by atoms with Gasteiger partial charge in [-0.15, -0.1) is 0 Å². The second-order valence-corrected chi connectivity index (χ2v) is 3.82. The molecular weight excluding hydrogens is 226 g/mol. The summed E-state index contributed by atoms with van der Waals surface area (Å²) < 4.78 is 0. The molecule has 0 fully saturated rings. The molecule has 2 rings (SSSR count). The molecule has 0 bridgehead atoms. The predicted molar refractivity (Wildman–Crippen MR) is 74.9 cm³/mol. The summed E-state index contributed by atoms with van der Waals surface area (Å²) in [4.78, 5) is 8.00. The zero-order valence-electron chi connectivity index (χ0n) is 10.6. The molecule has 0 aliphatic carbocycles. The average Bonchev–Trinajstić information content (AvgIpc) is 2.41. The zero-order valence-corrected chi connectivity index (χ0v) is 10.6. The van der Waals surface area contributed by atoms with E-state index in [1.54, 1.807) is 6.07 Å². The van der Waals surface area contributed by atoms with Crippen molar-refractivity contribution in [3.05, 3.63) is 48.0 Å². The van der Waals surface area contributed by atoms with Crippen molar-refractivity contribution in [3.63, 3.8) is 0 Å². The van der Waals surface area contributed by atoms with Gasteiger partial charge in [0.2, 0.25) is 0 Å². The van der Waals surface area contributed by atoms with E-state index < -0.39 is 0 Å². The standard InChI is InChI=1S/C14H15NO.CH2O/c1-10-8-12(15-2)14(13(16)9-10)11-6-4-3-5-7-11;1-2/h3-9,15-16H,1-2H3;1H2. The fourth-order valence-corrected chi connectivity index (χ4v) is 1.87. The molecule has 0 radical (unpaired) electrons. The summed E-state index contributed by atoms with van der Waals surface area (Å²) in [6, 6.07) is 13.7. The highest BCUT2D eigenvalue weighted by Gasteiger charge is 2.09. The topological polar surface area (TPSA) is 49.3 Å². The number of anilines is 1. The second-order valence-electron chi connectivity index (χ2n) is 3.82. The number of hydrogen-bond donors (Lipinski definition) is 2. The van der Waals surface area contributed by atoms with Crippen LogP contribution in [0.5, 0.6) is 5.75 Å². The molecule has 0 saturated heterocycles. The molecule has 0 aliphatic rings. The zero-order chi connectivity index (χ0) is 13.5. The first-order chi connectivity index (χ1) is 8.72. The van der Waals surface area contributed by atoms with Gasteiger partial charge in [-0.25, -0.2) is 0 Å². The minimum absolute atomic E-state index is 0.315. The van der Waals surface area contributed by atoms with E-state index >= 15 is 0 Å². The largest absolute Gasteiger partial charge is 0.507 e. The Morgan fingerprint density at radius 2 is 1.72 bits per heavy atom. The van der Waals surface area contributed by atoms with Crippen molar-refractivity contribution >= 4 is 12.5 Å². The van der Waals surface area contributed by atoms with E-state index in [1.165, 1.54) is 0 Å². The maximum Gasteiger partial charge on any atom is 0.125 e. The van der Waals surface area contributed by atoms with Crippen molar-refractivity contribution in [1.29, 1.82) is 0 Å². The molecular formula is C15H17NO2. The third-order valence-electron chi connectivity index (χ3n) is 2.59. The van der Waals surface area contributed by atoms with E-state index in [4.69, 9.17) is 4.79 Å². The van der Waals surface area contributed by atoms with Crippen LogP contribution < -0.4 is 5.32 Å². The van der Waals surface area contributed by atoms with Crippen LogP contribution >= 0.6 is 0 Å². The molecule has 2 aromatic rings. The molecule has 0 amide bonds. The number of carbonyl (C=O) groups is 1. The van der Waals surface area contributed by atoms with Crippen LogP contribution in [0, 0.1) is 6.92 Å². The lowest BCUT2D eigenvalue weighted by molar-refractivity contribution is -0.0979. The molecule has 3 nitrogen and oxygen atoms in total. The summed E-state index contributed by atoms with van der Waals surface area (Å²) in [6.45, 7) is 3.97. The van der Waals surface area contributed by atoms with E-state index in [0.717, 1.165) is 22.4 Å². The molecule has 94 valence electrons. The van der Waals surface area contributed by atoms with Crippen LogP contribution in [0.25, 0.3) is 11.1 Å². The van der Waals surface area contributed by atoms with E-state index in [9.17, 15) is 5.11 Å². The van der Waals surface area contributed by atoms with Crippen molar-refractivity contribution in [2.24, 2.45) is 0 Å². The van der Waals surface area contributed by atoms with Crippen LogP contribution in [0.3, 0.4) is 0 Å². The highest BCUT2D eigenvalue weighted by molar-refractivity contribution is 5.83. The predicted octanol–water partition coefficient (Wildman–Crippen LogP) is 3.22. The van der Waals surface area contributed by atoms with Gasteiger partial charge in [-0.3, -0.25) is 0 Å². The highest BCUT2D eigenvalue weighted by Crippen LogP contribution is 2.36. The fraction of sp³-hybridized carbons (Fsp3) is 0.133. The second kappa shape index (κ2) is 6.45. The maximum atomic E-state index is 10.0. The Morgan fingerprint density at radius 3 is 2.28 bits per heavy atom. The van der Waals surface area contributed by atoms with E-state index in [1.807, 2.05) is 57.2 Å². The number of phenols is 1. The first-order valence-electron chi connectivity index (χ1n) is 5.58. The van der Waals surface area contributed by atoms with E-state index in [2.05, 4.69) is 5.32 Å². The first kappa shape index (κ1) is 13.8. The minimum Gasteiger partial charge on any atom is -0.507 e. The molecule has 0 aliphatic heterocycles. The van der Waals surface area contributed by atoms with Gasteiger partial charge in [0.25, 0.3) is 0 Å². The van der Waals surface area contributed by atoms with Gasteiger partial charge < -0.3 is 15.2 Å². The average molecular weight is 243 g/mol. The van der Waals surface area contributed by atoms with Crippen molar-refractivity contribution < 1.29 is 9.90 Å². The number of benzene rings is 2. The van der Waals surface area contributed by atoms with Gasteiger partial charge in [-0.2, -0.15) is 0 Å². The molecule has 0 heterocycles. The Labute approximate surface area is 107 Å². The summed E-state index contributed by atoms with van der Waals surface area (Å²) in [5.41, 5.74) is 3.86. The van der Waals surface area contributed by atoms with Gasteiger partial charge in [0, 0.05) is 18.3 Å². The van der Waals surface area contributed by atoms with Gasteiger partial charge in [-0.1, -0.05) is 30.3 Å². The lowest BCUT2D eigenvalue weighted by Crippen LogP contribution is -1.93. The Bertz CT molecular complexity index is 509. The number of carbonyl (C=O) groups excluding carboxylic acids is 1. The molecule has 0 atom stereocenters. The summed E-state index contributed by atoms with van der Waals surface area (Å²) in [5.74, 6) is 0.315. The van der Waals surface area contributed by atoms with Crippen LogP contribution in [0.4, 0.5) is 5.69 Å². The monoisotopic (exact) mass is 243 g/mol. The fourth-order valence-electron chi connectivity index (χ4n) is 1.87. The van der Waals surface area contributed by atoms with Crippen molar-refractivity contribution in [2.45, 2.75) is 6.92 Å². The summed E-state index contributed by atoms with van der Waals surface area (Å²) in [5, 5.41) is 13.1. The van der Waals surface area contributed by atoms with Crippen LogP contribution in [0.1, 0.15) is 5.56 Å². The van der Waals surface area contributed by atoms with Crippen molar-refractivity contribution in [2.75, 3.05) is 12.4 Å². The van der Waals surface area contributed by atoms with Crippen LogP contribution in [0.15, 0.2) is 42.5 Å². The summed E-state index contributed by atoms with van der Waals surface area (Å²) in [6.07, 6.45) is 0. The summed E-state index contributed by atoms with van der Waals surface area (Å²) >= 11 is 0. The van der Waals surface area contributed by atoms with Crippen molar-refractivity contribution in [3.8, 4) is 16.9 Å². The lowest BCUT2D eigenvalue weighted by atomic mass is 10.0. The maximum absolute atomic E-state index is 10.0. The Kier molecular flexibility index (Phi) is 4.93. The Balaban J connectivity index is 0.000000771. The Hall–Kier alpha value is -2.29. The smallest absolute Gasteiger partial charge is 0.125 e. The summed E-state index contributed by atoms with van der Waals surface area (Å²) in [7, 11) is 1.86. The van der Waals surface area contributed by atoms with Crippen LogP contribution in [-0.2, 0) is 4.79 Å². The molecule has 0 aromatic heterocycles. The van der Waals surface area contributed by atoms with Gasteiger partial charge in [0.1, 0.15) is 12.5 Å². The number of nitrogens with one attached hydrogen (secondary N) is 1. The third kappa shape index (κ3) is 2.88. The Morgan fingerprint density at radius 1 is 1.11 bits per heavy atom. The quantitative estimate of drug-likeness (QED) is 0.851. The number of hydrogen-bond acceptors (Lipinski definition) is 3.